The van der Waals surface area contributed by atoms with Gasteiger partial charge >= 0.3 is 6.03 Å². The molecule has 0 saturated carbocycles. The molecule has 0 unspecified atom stereocenters. The van der Waals surface area contributed by atoms with Crippen molar-refractivity contribution in [3.63, 3.8) is 0 Å². The van der Waals surface area contributed by atoms with Gasteiger partial charge in [0.25, 0.3) is 0 Å². The van der Waals surface area contributed by atoms with Crippen LogP contribution in [-0.4, -0.2) is 47.5 Å². The number of urea groups is 1. The summed E-state index contributed by atoms with van der Waals surface area (Å²) >= 11 is 0. The summed E-state index contributed by atoms with van der Waals surface area (Å²) in [6, 6.07) is 5.14. The smallest absolute Gasteiger partial charge is 0.288 e. The molecule has 1 aliphatic heterocycles. The van der Waals surface area contributed by atoms with Crippen LogP contribution in [0.15, 0.2) is 29.3 Å². The number of hydrogen-bond acceptors (Lipinski definition) is 4. The highest BCUT2D eigenvalue weighted by molar-refractivity contribution is 6.26. The quantitative estimate of drug-likeness (QED) is 0.627. The van der Waals surface area contributed by atoms with E-state index in [0.717, 1.165) is 15.4 Å². The van der Waals surface area contributed by atoms with Crippen molar-refractivity contribution in [1.29, 1.82) is 0 Å². The summed E-state index contributed by atoms with van der Waals surface area (Å²) < 4.78 is 12.8. The molecule has 1 saturated heterocycles. The Balaban J connectivity index is 2.19. The van der Waals surface area contributed by atoms with E-state index in [1.165, 1.54) is 26.2 Å². The van der Waals surface area contributed by atoms with Crippen LogP contribution in [0.5, 0.6) is 0 Å². The summed E-state index contributed by atoms with van der Waals surface area (Å²) in [7, 11) is 2.65. The molecule has 0 atom stereocenters. The van der Waals surface area contributed by atoms with Gasteiger partial charge in [-0.1, -0.05) is 12.1 Å². The normalized spacial score (nSPS) is 17.5. The number of carbonyl (C=O) groups excluding carboxylic acids is 3. The molecule has 0 radical (unpaired) electrons. The molecule has 1 aromatic carbocycles. The number of aliphatic imine (C=N–C) groups is 1. The Kier molecular flexibility index (Phi) is 4.35. The zero-order chi connectivity index (χ0) is 16.4. The molecule has 0 spiro atoms. The van der Waals surface area contributed by atoms with E-state index in [2.05, 4.69) is 4.99 Å². The van der Waals surface area contributed by atoms with Gasteiger partial charge in [0, 0.05) is 19.8 Å². The molecule has 22 heavy (non-hydrogen) atoms. The van der Waals surface area contributed by atoms with Crippen molar-refractivity contribution < 1.29 is 18.8 Å². The lowest BCUT2D eigenvalue weighted by molar-refractivity contribution is -0.144. The van der Waals surface area contributed by atoms with E-state index < -0.39 is 23.8 Å². The summed E-state index contributed by atoms with van der Waals surface area (Å²) in [5.74, 6) is -2.61. The number of nitrogens with zero attached hydrogens (tertiary/aromatic N) is 3. The SMILES string of the molecule is CC(=NCc1ccc(F)cc1)C1C(=O)N(C)C(=O)N(C)C1=O. The number of rotatable bonds is 3. The van der Waals surface area contributed by atoms with Crippen LogP contribution < -0.4 is 0 Å². The molecule has 2 rings (SSSR count). The predicted molar refractivity (Wildman–Crippen MR) is 77.6 cm³/mol. The monoisotopic (exact) mass is 305 g/mol. The Morgan fingerprint density at radius 2 is 1.59 bits per heavy atom. The van der Waals surface area contributed by atoms with Gasteiger partial charge < -0.3 is 0 Å². The molecular formula is C15H16FN3O3. The Morgan fingerprint density at radius 1 is 1.09 bits per heavy atom. The number of amides is 4. The van der Waals surface area contributed by atoms with E-state index in [1.54, 1.807) is 19.1 Å². The van der Waals surface area contributed by atoms with E-state index in [9.17, 15) is 18.8 Å². The second kappa shape index (κ2) is 6.05. The first kappa shape index (κ1) is 15.8. The first-order chi connectivity index (χ1) is 10.3. The van der Waals surface area contributed by atoms with Crippen molar-refractivity contribution in [2.24, 2.45) is 10.9 Å². The van der Waals surface area contributed by atoms with E-state index in [0.29, 0.717) is 5.71 Å². The number of benzene rings is 1. The molecule has 6 nitrogen and oxygen atoms in total. The maximum absolute atomic E-state index is 12.8. The molecule has 7 heteroatoms. The number of carbonyl (C=O) groups is 3. The van der Waals surface area contributed by atoms with Gasteiger partial charge in [-0.3, -0.25) is 24.4 Å². The van der Waals surface area contributed by atoms with Crippen molar-refractivity contribution in [1.82, 2.24) is 9.80 Å². The third-order valence-electron chi connectivity index (χ3n) is 3.57. The van der Waals surface area contributed by atoms with E-state index in [1.807, 2.05) is 0 Å². The fourth-order valence-corrected chi connectivity index (χ4v) is 2.16. The first-order valence-corrected chi connectivity index (χ1v) is 6.67. The molecule has 1 fully saturated rings. The molecule has 0 N–H and O–H groups in total. The summed E-state index contributed by atoms with van der Waals surface area (Å²) in [4.78, 5) is 41.9. The lowest BCUT2D eigenvalue weighted by atomic mass is 9.99. The predicted octanol–water partition coefficient (Wildman–Crippen LogP) is 1.45. The second-order valence-corrected chi connectivity index (χ2v) is 5.09. The molecule has 1 aliphatic rings. The number of imide groups is 2. The molecule has 116 valence electrons. The van der Waals surface area contributed by atoms with Gasteiger partial charge in [-0.2, -0.15) is 0 Å². The molecule has 0 aliphatic carbocycles. The highest BCUT2D eigenvalue weighted by Crippen LogP contribution is 2.17. The summed E-state index contributed by atoms with van der Waals surface area (Å²) in [6.45, 7) is 1.80. The van der Waals surface area contributed by atoms with Crippen LogP contribution in [-0.2, 0) is 16.1 Å². The summed E-state index contributed by atoms with van der Waals surface area (Å²) in [6.07, 6.45) is 0. The van der Waals surface area contributed by atoms with Crippen LogP contribution in [0.2, 0.25) is 0 Å². The number of hydrogen-bond donors (Lipinski definition) is 0. The van der Waals surface area contributed by atoms with Crippen LogP contribution in [0.4, 0.5) is 9.18 Å². The van der Waals surface area contributed by atoms with Crippen molar-refractivity contribution in [3.05, 3.63) is 35.6 Å². The minimum atomic E-state index is -1.09. The first-order valence-electron chi connectivity index (χ1n) is 6.67. The van der Waals surface area contributed by atoms with Crippen molar-refractivity contribution in [2.75, 3.05) is 14.1 Å². The van der Waals surface area contributed by atoms with Gasteiger partial charge in [-0.05, 0) is 24.6 Å². The van der Waals surface area contributed by atoms with E-state index in [4.69, 9.17) is 0 Å². The van der Waals surface area contributed by atoms with Crippen molar-refractivity contribution in [3.8, 4) is 0 Å². The minimum absolute atomic E-state index is 0.227. The fourth-order valence-electron chi connectivity index (χ4n) is 2.16. The van der Waals surface area contributed by atoms with Crippen LogP contribution in [0.25, 0.3) is 0 Å². The average molecular weight is 305 g/mol. The maximum Gasteiger partial charge on any atom is 0.332 e. The summed E-state index contributed by atoms with van der Waals surface area (Å²) in [5, 5.41) is 0. The van der Waals surface area contributed by atoms with Crippen molar-refractivity contribution >= 4 is 23.6 Å². The van der Waals surface area contributed by atoms with Gasteiger partial charge in [0.05, 0.1) is 6.54 Å². The number of barbiturate groups is 1. The molecular weight excluding hydrogens is 289 g/mol. The van der Waals surface area contributed by atoms with Crippen LogP contribution in [0.1, 0.15) is 12.5 Å². The van der Waals surface area contributed by atoms with Crippen LogP contribution in [0.3, 0.4) is 0 Å². The Labute approximate surface area is 127 Å². The van der Waals surface area contributed by atoms with Crippen LogP contribution >= 0.6 is 0 Å². The Morgan fingerprint density at radius 3 is 2.09 bits per heavy atom. The standard InChI is InChI=1S/C15H16FN3O3/c1-9(17-8-10-4-6-11(16)7-5-10)12-13(20)18(2)15(22)19(3)14(12)21/h4-7,12H,8H2,1-3H3. The minimum Gasteiger partial charge on any atom is -0.288 e. The largest absolute Gasteiger partial charge is 0.332 e. The van der Waals surface area contributed by atoms with E-state index >= 15 is 0 Å². The third-order valence-corrected chi connectivity index (χ3v) is 3.57. The summed E-state index contributed by atoms with van der Waals surface area (Å²) in [5.41, 5.74) is 1.08. The lowest BCUT2D eigenvalue weighted by Gasteiger charge is -2.32. The van der Waals surface area contributed by atoms with Gasteiger partial charge in [0.2, 0.25) is 11.8 Å². The molecule has 4 amide bonds. The van der Waals surface area contributed by atoms with Crippen LogP contribution in [0, 0.1) is 11.7 Å². The Hall–Kier alpha value is -2.57. The average Bonchev–Trinajstić information content (AvgIpc) is 2.50. The fraction of sp³-hybridized carbons (Fsp3) is 0.333. The molecule has 1 heterocycles. The van der Waals surface area contributed by atoms with Gasteiger partial charge in [-0.25, -0.2) is 9.18 Å². The molecule has 0 aromatic heterocycles. The molecule has 0 bridgehead atoms. The van der Waals surface area contributed by atoms with Gasteiger partial charge in [0.15, 0.2) is 5.92 Å². The maximum atomic E-state index is 12.8. The topological polar surface area (TPSA) is 70.1 Å². The van der Waals surface area contributed by atoms with Gasteiger partial charge in [0.1, 0.15) is 5.82 Å². The van der Waals surface area contributed by atoms with Crippen molar-refractivity contribution in [2.45, 2.75) is 13.5 Å². The van der Waals surface area contributed by atoms with E-state index in [-0.39, 0.29) is 12.4 Å². The zero-order valence-corrected chi connectivity index (χ0v) is 12.5. The number of halogens is 1. The zero-order valence-electron chi connectivity index (χ0n) is 12.5. The highest BCUT2D eigenvalue weighted by atomic mass is 19.1. The van der Waals surface area contributed by atoms with Gasteiger partial charge in [-0.15, -0.1) is 0 Å². The highest BCUT2D eigenvalue weighted by Gasteiger charge is 2.43. The lowest BCUT2D eigenvalue weighted by Crippen LogP contribution is -2.58. The third kappa shape index (κ3) is 2.88. The second-order valence-electron chi connectivity index (χ2n) is 5.09. The molecule has 1 aromatic rings. The Bertz CT molecular complexity index is 631.